The minimum Gasteiger partial charge on any atom is -0.326 e. The van der Waals surface area contributed by atoms with Crippen LogP contribution in [-0.2, 0) is 12.7 Å². The topological polar surface area (TPSA) is 67.1 Å². The van der Waals surface area contributed by atoms with Crippen LogP contribution in [0.3, 0.4) is 0 Å². The highest BCUT2D eigenvalue weighted by Crippen LogP contribution is 2.30. The average molecular weight is 309 g/mol. The van der Waals surface area contributed by atoms with E-state index >= 15 is 0 Å². The zero-order valence-corrected chi connectivity index (χ0v) is 11.4. The smallest absolute Gasteiger partial charge is 0.326 e. The molecule has 0 bridgehead atoms. The Morgan fingerprint density at radius 1 is 1.00 bits per heavy atom. The minimum atomic E-state index is -4.45. The third kappa shape index (κ3) is 4.23. The molecule has 22 heavy (non-hydrogen) atoms. The zero-order valence-electron chi connectivity index (χ0n) is 11.4. The largest absolute Gasteiger partial charge is 0.416 e. The van der Waals surface area contributed by atoms with Crippen molar-refractivity contribution in [2.24, 2.45) is 5.73 Å². The molecule has 0 radical (unpaired) electrons. The van der Waals surface area contributed by atoms with E-state index < -0.39 is 17.8 Å². The van der Waals surface area contributed by atoms with Gasteiger partial charge < -0.3 is 16.4 Å². The molecule has 4 nitrogen and oxygen atoms in total. The second-order valence-corrected chi connectivity index (χ2v) is 4.56. The minimum absolute atomic E-state index is 0.0577. The highest BCUT2D eigenvalue weighted by atomic mass is 19.4. The van der Waals surface area contributed by atoms with Gasteiger partial charge in [0.05, 0.1) is 5.56 Å². The van der Waals surface area contributed by atoms with Gasteiger partial charge in [-0.05, 0) is 35.9 Å². The number of hydrogen-bond donors (Lipinski definition) is 3. The lowest BCUT2D eigenvalue weighted by molar-refractivity contribution is -0.137. The van der Waals surface area contributed by atoms with Crippen LogP contribution in [-0.4, -0.2) is 6.03 Å². The number of carbonyl (C=O) groups is 1. The Balaban J connectivity index is 2.06. The number of hydrogen-bond acceptors (Lipinski definition) is 2. The van der Waals surface area contributed by atoms with Gasteiger partial charge in [-0.2, -0.15) is 13.2 Å². The maximum absolute atomic E-state index is 12.6. The summed E-state index contributed by atoms with van der Waals surface area (Å²) in [5, 5.41) is 4.90. The monoisotopic (exact) mass is 309 g/mol. The summed E-state index contributed by atoms with van der Waals surface area (Å²) in [6, 6.07) is 10.7. The molecule has 0 aromatic heterocycles. The number of rotatable bonds is 3. The van der Waals surface area contributed by atoms with Crippen molar-refractivity contribution in [2.45, 2.75) is 12.7 Å². The maximum Gasteiger partial charge on any atom is 0.416 e. The fourth-order valence-electron chi connectivity index (χ4n) is 1.84. The van der Waals surface area contributed by atoms with Crippen LogP contribution in [0.25, 0.3) is 0 Å². The van der Waals surface area contributed by atoms with Crippen LogP contribution in [0.4, 0.5) is 29.3 Å². The van der Waals surface area contributed by atoms with Gasteiger partial charge in [0.2, 0.25) is 0 Å². The molecule has 0 fully saturated rings. The molecule has 0 saturated carbocycles. The van der Waals surface area contributed by atoms with E-state index in [-0.39, 0.29) is 5.69 Å². The highest BCUT2D eigenvalue weighted by Gasteiger charge is 2.30. The highest BCUT2D eigenvalue weighted by molar-refractivity contribution is 5.99. The van der Waals surface area contributed by atoms with E-state index in [1.165, 1.54) is 12.1 Å². The molecule has 116 valence electrons. The molecule has 7 heteroatoms. The lowest BCUT2D eigenvalue weighted by atomic mass is 10.2. The summed E-state index contributed by atoms with van der Waals surface area (Å²) in [5.74, 6) is 0. The molecule has 0 aliphatic carbocycles. The number of nitrogens with two attached hydrogens (primary N) is 1. The second kappa shape index (κ2) is 6.48. The van der Waals surface area contributed by atoms with Gasteiger partial charge in [0.1, 0.15) is 0 Å². The molecule has 0 aliphatic heterocycles. The first kappa shape index (κ1) is 15.8. The van der Waals surface area contributed by atoms with E-state index in [1.54, 1.807) is 24.3 Å². The summed E-state index contributed by atoms with van der Waals surface area (Å²) in [5.41, 5.74) is 6.07. The quantitative estimate of drug-likeness (QED) is 0.807. The predicted molar refractivity (Wildman–Crippen MR) is 78.4 cm³/mol. The van der Waals surface area contributed by atoms with Crippen LogP contribution >= 0.6 is 0 Å². The standard InChI is InChI=1S/C15H14F3N3O/c16-15(17,18)11-4-2-6-13(8-11)21-14(22)20-12-5-1-3-10(7-12)9-19/h1-8H,9,19H2,(H2,20,21,22). The molecule has 2 rings (SSSR count). The molecule has 0 atom stereocenters. The maximum atomic E-state index is 12.6. The molecule has 0 saturated heterocycles. The van der Waals surface area contributed by atoms with Crippen LogP contribution in [0.1, 0.15) is 11.1 Å². The van der Waals surface area contributed by atoms with Crippen LogP contribution < -0.4 is 16.4 Å². The molecule has 0 spiro atoms. The molecule has 4 N–H and O–H groups in total. The van der Waals surface area contributed by atoms with Gasteiger partial charge in [-0.25, -0.2) is 4.79 Å². The van der Waals surface area contributed by atoms with Gasteiger partial charge in [0.25, 0.3) is 0 Å². The Hall–Kier alpha value is -2.54. The van der Waals surface area contributed by atoms with Crippen molar-refractivity contribution in [1.82, 2.24) is 0 Å². The fourth-order valence-corrected chi connectivity index (χ4v) is 1.84. The Bertz CT molecular complexity index is 671. The molecular formula is C15H14F3N3O. The van der Waals surface area contributed by atoms with Crippen LogP contribution in [0, 0.1) is 0 Å². The number of carbonyl (C=O) groups excluding carboxylic acids is 1. The van der Waals surface area contributed by atoms with E-state index in [0.717, 1.165) is 17.7 Å². The van der Waals surface area contributed by atoms with Gasteiger partial charge in [-0.3, -0.25) is 0 Å². The van der Waals surface area contributed by atoms with Gasteiger partial charge in [-0.1, -0.05) is 18.2 Å². The van der Waals surface area contributed by atoms with Crippen molar-refractivity contribution in [1.29, 1.82) is 0 Å². The van der Waals surface area contributed by atoms with E-state index in [2.05, 4.69) is 10.6 Å². The van der Waals surface area contributed by atoms with E-state index in [0.29, 0.717) is 12.2 Å². The summed E-state index contributed by atoms with van der Waals surface area (Å²) in [6.45, 7) is 0.324. The summed E-state index contributed by atoms with van der Waals surface area (Å²) in [7, 11) is 0. The number of anilines is 2. The lowest BCUT2D eigenvalue weighted by Crippen LogP contribution is -2.20. The predicted octanol–water partition coefficient (Wildman–Crippen LogP) is 3.81. The molecule has 0 unspecified atom stereocenters. The number of nitrogens with one attached hydrogen (secondary N) is 2. The first-order chi connectivity index (χ1) is 10.4. The SMILES string of the molecule is NCc1cccc(NC(=O)Nc2cccc(C(F)(F)F)c2)c1. The summed E-state index contributed by atoms with van der Waals surface area (Å²) in [6.07, 6.45) is -4.45. The summed E-state index contributed by atoms with van der Waals surface area (Å²) >= 11 is 0. The molecule has 0 heterocycles. The Morgan fingerprint density at radius 2 is 1.59 bits per heavy atom. The van der Waals surface area contributed by atoms with Crippen molar-refractivity contribution in [2.75, 3.05) is 10.6 Å². The first-order valence-electron chi connectivity index (χ1n) is 6.43. The third-order valence-corrected chi connectivity index (χ3v) is 2.87. The molecule has 0 aliphatic rings. The van der Waals surface area contributed by atoms with Gasteiger partial charge in [0, 0.05) is 17.9 Å². The molecular weight excluding hydrogens is 295 g/mol. The van der Waals surface area contributed by atoms with Gasteiger partial charge in [-0.15, -0.1) is 0 Å². The molecule has 2 amide bonds. The van der Waals surface area contributed by atoms with Crippen molar-refractivity contribution >= 4 is 17.4 Å². The second-order valence-electron chi connectivity index (χ2n) is 4.56. The zero-order chi connectivity index (χ0) is 16.2. The fraction of sp³-hybridized carbons (Fsp3) is 0.133. The summed E-state index contributed by atoms with van der Waals surface area (Å²) < 4.78 is 37.8. The Labute approximate surface area is 125 Å². The Morgan fingerprint density at radius 3 is 2.18 bits per heavy atom. The average Bonchev–Trinajstić information content (AvgIpc) is 2.46. The van der Waals surface area contributed by atoms with E-state index in [9.17, 15) is 18.0 Å². The van der Waals surface area contributed by atoms with Crippen molar-refractivity contribution in [3.05, 3.63) is 59.7 Å². The van der Waals surface area contributed by atoms with Crippen molar-refractivity contribution < 1.29 is 18.0 Å². The van der Waals surface area contributed by atoms with Crippen LogP contribution in [0.5, 0.6) is 0 Å². The number of alkyl halides is 3. The van der Waals surface area contributed by atoms with Crippen molar-refractivity contribution in [3.63, 3.8) is 0 Å². The first-order valence-corrected chi connectivity index (χ1v) is 6.43. The van der Waals surface area contributed by atoms with Crippen molar-refractivity contribution in [3.8, 4) is 0 Å². The Kier molecular flexibility index (Phi) is 4.67. The molecule has 2 aromatic rings. The number of amides is 2. The van der Waals surface area contributed by atoms with Crippen LogP contribution in [0.2, 0.25) is 0 Å². The van der Waals surface area contributed by atoms with Crippen LogP contribution in [0.15, 0.2) is 48.5 Å². The lowest BCUT2D eigenvalue weighted by Gasteiger charge is -2.11. The number of halogens is 3. The molecule has 2 aromatic carbocycles. The van der Waals surface area contributed by atoms with Gasteiger partial charge >= 0.3 is 12.2 Å². The third-order valence-electron chi connectivity index (χ3n) is 2.87. The van der Waals surface area contributed by atoms with Gasteiger partial charge in [0.15, 0.2) is 0 Å². The van der Waals surface area contributed by atoms with E-state index in [1.807, 2.05) is 0 Å². The van der Waals surface area contributed by atoms with E-state index in [4.69, 9.17) is 5.73 Å². The number of benzene rings is 2. The number of urea groups is 1. The normalized spacial score (nSPS) is 11.1. The summed E-state index contributed by atoms with van der Waals surface area (Å²) in [4.78, 5) is 11.8.